The van der Waals surface area contributed by atoms with Crippen LogP contribution in [0.2, 0.25) is 0 Å². The zero-order valence-corrected chi connectivity index (χ0v) is 24.0. The summed E-state index contributed by atoms with van der Waals surface area (Å²) in [5, 5.41) is 16.0. The molecule has 10 heteroatoms. The minimum absolute atomic E-state index is 0.00933. The molecule has 40 heavy (non-hydrogen) atoms. The van der Waals surface area contributed by atoms with Crippen molar-refractivity contribution < 1.29 is 28.6 Å². The van der Waals surface area contributed by atoms with Crippen molar-refractivity contribution >= 4 is 29.8 Å². The van der Waals surface area contributed by atoms with E-state index in [4.69, 9.17) is 9.47 Å². The largest absolute Gasteiger partial charge is 0.448 e. The van der Waals surface area contributed by atoms with Crippen LogP contribution in [0, 0.1) is 34.5 Å². The quantitative estimate of drug-likeness (QED) is 0.318. The molecule has 0 radical (unpaired) electrons. The van der Waals surface area contributed by atoms with E-state index in [1.54, 1.807) is 10.7 Å². The number of aromatic nitrogens is 3. The monoisotopic (exact) mass is 567 g/mol. The molecule has 2 fully saturated rings. The van der Waals surface area contributed by atoms with Gasteiger partial charge in [-0.05, 0) is 73.8 Å². The Morgan fingerprint density at radius 1 is 1.27 bits per heavy atom. The van der Waals surface area contributed by atoms with Crippen LogP contribution < -0.4 is 0 Å². The van der Waals surface area contributed by atoms with E-state index < -0.39 is 34.2 Å². The normalized spacial score (nSPS) is 36.0. The number of rotatable bonds is 5. The lowest BCUT2D eigenvalue weighted by Crippen LogP contribution is -2.62. The predicted octanol–water partition coefficient (Wildman–Crippen LogP) is 4.11. The lowest BCUT2D eigenvalue weighted by molar-refractivity contribution is -0.194. The number of thiol groups is 1. The zero-order valence-electron chi connectivity index (χ0n) is 23.1. The van der Waals surface area contributed by atoms with Gasteiger partial charge in [0.05, 0.1) is 29.9 Å². The number of ether oxygens (including phenoxy) is 2. The molecule has 0 saturated heterocycles. The van der Waals surface area contributed by atoms with Crippen molar-refractivity contribution in [2.75, 3.05) is 13.7 Å². The molecule has 7 atom stereocenters. The average molecular weight is 568 g/mol. The van der Waals surface area contributed by atoms with Gasteiger partial charge >= 0.3 is 5.97 Å². The summed E-state index contributed by atoms with van der Waals surface area (Å²) in [6.07, 6.45) is 8.97. The van der Waals surface area contributed by atoms with Crippen molar-refractivity contribution in [1.82, 2.24) is 14.8 Å². The van der Waals surface area contributed by atoms with Crippen molar-refractivity contribution in [3.63, 3.8) is 0 Å². The molecule has 2 heterocycles. The molecule has 212 valence electrons. The molecule has 0 spiro atoms. The Hall–Kier alpha value is -2.82. The molecular weight excluding hydrogens is 533 g/mol. The highest BCUT2D eigenvalue weighted by molar-refractivity contribution is 7.96. The maximum absolute atomic E-state index is 13.5. The highest BCUT2D eigenvalue weighted by Crippen LogP contribution is 2.68. The minimum atomic E-state index is -1.43. The minimum Gasteiger partial charge on any atom is -0.448 e. The molecule has 4 aliphatic carbocycles. The van der Waals surface area contributed by atoms with Crippen molar-refractivity contribution in [2.45, 2.75) is 58.2 Å². The van der Waals surface area contributed by atoms with Gasteiger partial charge in [0.15, 0.2) is 5.60 Å². The predicted molar refractivity (Wildman–Crippen MR) is 148 cm³/mol. The number of aliphatic hydroxyl groups excluding tert-OH is 1. The molecule has 0 aromatic carbocycles. The van der Waals surface area contributed by atoms with Crippen molar-refractivity contribution in [1.29, 1.82) is 0 Å². The Balaban J connectivity index is 1.41. The highest BCUT2D eigenvalue weighted by atomic mass is 32.1. The Bertz CT molecular complexity index is 1450. The van der Waals surface area contributed by atoms with Gasteiger partial charge in [-0.3, -0.25) is 4.79 Å². The van der Waals surface area contributed by atoms with E-state index in [9.17, 15) is 19.1 Å². The SMILES string of the molecule is COCC(=O)O[C@]1(C(=O)S)CCC2[C@@H]3C=C(C)C4=Cc5c(cnn5-c5ccc(F)nc5)C[C@]4(C)C3[C@@H](O)C[C@@]21C. The smallest absolute Gasteiger partial charge is 0.333 e. The summed E-state index contributed by atoms with van der Waals surface area (Å²) in [7, 11) is 1.40. The third-order valence-corrected chi connectivity index (χ3v) is 10.6. The van der Waals surface area contributed by atoms with Crippen molar-refractivity contribution in [3.8, 4) is 5.69 Å². The number of esters is 1. The molecule has 6 rings (SSSR count). The number of halogens is 1. The highest BCUT2D eigenvalue weighted by Gasteiger charge is 2.70. The fraction of sp³-hybridized carbons (Fsp3) is 0.533. The molecule has 0 bridgehead atoms. The second kappa shape index (κ2) is 9.36. The summed E-state index contributed by atoms with van der Waals surface area (Å²) in [4.78, 5) is 29.4. The number of aliphatic hydroxyl groups is 1. The second-order valence-corrected chi connectivity index (χ2v) is 12.7. The van der Waals surface area contributed by atoms with Gasteiger partial charge in [-0.1, -0.05) is 25.5 Å². The zero-order chi connectivity index (χ0) is 28.6. The second-order valence-electron chi connectivity index (χ2n) is 12.3. The van der Waals surface area contributed by atoms with Crippen LogP contribution in [0.5, 0.6) is 0 Å². The Kier molecular flexibility index (Phi) is 6.40. The summed E-state index contributed by atoms with van der Waals surface area (Å²) in [5.41, 5.74) is 2.31. The molecule has 1 N–H and O–H groups in total. The summed E-state index contributed by atoms with van der Waals surface area (Å²) in [6, 6.07) is 2.97. The topological polar surface area (TPSA) is 104 Å². The summed E-state index contributed by atoms with van der Waals surface area (Å²) >= 11 is 4.22. The fourth-order valence-electron chi connectivity index (χ4n) is 8.65. The molecule has 2 aromatic rings. The van der Waals surface area contributed by atoms with Crippen molar-refractivity contribution in [3.05, 3.63) is 59.0 Å². The molecule has 2 unspecified atom stereocenters. The Morgan fingerprint density at radius 3 is 2.73 bits per heavy atom. The van der Waals surface area contributed by atoms with Crippen LogP contribution in [0.1, 0.15) is 51.3 Å². The number of fused-ring (bicyclic) bond motifs is 6. The lowest BCUT2D eigenvalue weighted by Gasteiger charge is -2.59. The fourth-order valence-corrected chi connectivity index (χ4v) is 9.06. The Morgan fingerprint density at radius 2 is 2.05 bits per heavy atom. The van der Waals surface area contributed by atoms with Gasteiger partial charge in [0, 0.05) is 23.9 Å². The molecule has 8 nitrogen and oxygen atoms in total. The number of carbonyl (C=O) groups is 2. The van der Waals surface area contributed by atoms with Crippen LogP contribution in [0.25, 0.3) is 11.8 Å². The van der Waals surface area contributed by atoms with Crippen LogP contribution in [-0.2, 0) is 25.5 Å². The van der Waals surface area contributed by atoms with Gasteiger partial charge in [-0.15, -0.1) is 12.6 Å². The van der Waals surface area contributed by atoms with E-state index in [-0.39, 0.29) is 29.8 Å². The third-order valence-electron chi connectivity index (χ3n) is 10.3. The number of hydrogen-bond acceptors (Lipinski definition) is 7. The van der Waals surface area contributed by atoms with Gasteiger partial charge in [0.25, 0.3) is 0 Å². The van der Waals surface area contributed by atoms with Crippen LogP contribution in [0.3, 0.4) is 0 Å². The van der Waals surface area contributed by atoms with E-state index in [0.29, 0.717) is 31.4 Å². The van der Waals surface area contributed by atoms with Gasteiger partial charge in [-0.25, -0.2) is 14.5 Å². The molecule has 2 aromatic heterocycles. The summed E-state index contributed by atoms with van der Waals surface area (Å²) in [6.45, 7) is 6.01. The number of nitrogens with zero attached hydrogens (tertiary/aromatic N) is 3. The van der Waals surface area contributed by atoms with Crippen LogP contribution >= 0.6 is 12.6 Å². The van der Waals surface area contributed by atoms with E-state index >= 15 is 0 Å². The van der Waals surface area contributed by atoms with Gasteiger partial charge < -0.3 is 14.6 Å². The molecular formula is C30H34FN3O5S. The lowest BCUT2D eigenvalue weighted by atomic mass is 9.46. The molecule has 2 saturated carbocycles. The maximum Gasteiger partial charge on any atom is 0.333 e. The van der Waals surface area contributed by atoms with Gasteiger partial charge in [0.1, 0.15) is 6.61 Å². The molecule has 4 aliphatic rings. The first-order valence-electron chi connectivity index (χ1n) is 13.7. The van der Waals surface area contributed by atoms with Crippen LogP contribution in [0.4, 0.5) is 4.39 Å². The van der Waals surface area contributed by atoms with E-state index in [1.807, 2.05) is 13.1 Å². The van der Waals surface area contributed by atoms with Gasteiger partial charge in [-0.2, -0.15) is 9.49 Å². The number of allylic oxidation sites excluding steroid dienone is 3. The first-order valence-corrected chi connectivity index (χ1v) is 14.1. The van der Waals surface area contributed by atoms with Crippen molar-refractivity contribution in [2.24, 2.45) is 28.6 Å². The maximum atomic E-state index is 13.5. The van der Waals surface area contributed by atoms with Crippen LogP contribution in [0.15, 0.2) is 41.7 Å². The Labute approximate surface area is 238 Å². The molecule has 0 aliphatic heterocycles. The van der Waals surface area contributed by atoms with Gasteiger partial charge in [0.2, 0.25) is 11.1 Å². The van der Waals surface area contributed by atoms with E-state index in [0.717, 1.165) is 22.4 Å². The van der Waals surface area contributed by atoms with Crippen LogP contribution in [-0.4, -0.2) is 56.4 Å². The number of carbonyl (C=O) groups excluding carboxylic acids is 2. The third kappa shape index (κ3) is 3.72. The average Bonchev–Trinajstić information content (AvgIpc) is 3.41. The number of methoxy groups -OCH3 is 1. The van der Waals surface area contributed by atoms with E-state index in [1.165, 1.54) is 19.4 Å². The summed E-state index contributed by atoms with van der Waals surface area (Å²) < 4.78 is 26.1. The first kappa shape index (κ1) is 27.4. The first-order chi connectivity index (χ1) is 18.9. The number of hydrogen-bond donors (Lipinski definition) is 2. The van der Waals surface area contributed by atoms with E-state index in [2.05, 4.69) is 48.7 Å². The number of pyridine rings is 1. The summed E-state index contributed by atoms with van der Waals surface area (Å²) in [5.74, 6) is -1.27. The molecule has 0 amide bonds. The standard InChI is InChI=1S/C30H34FN3O5S/c1-16-9-19-20-7-8-30(27(37)40,39-25(36)15-38-4)29(20,3)12-23(35)26(19)28(2)11-17-13-33-34(22(17)10-21(16)28)18-5-6-24(31)32-14-18/h5-6,9-10,13-14,19-20,23,26,35H,7-8,11-12,15H2,1-4H3,(H,37,40)/t19-,20?,23-,26?,28-,29-,30-/m0/s1.